The predicted octanol–water partition coefficient (Wildman–Crippen LogP) is 2.63. The van der Waals surface area contributed by atoms with E-state index >= 15 is 0 Å². The van der Waals surface area contributed by atoms with E-state index in [1.165, 1.54) is 5.69 Å². The van der Waals surface area contributed by atoms with Crippen LogP contribution < -0.4 is 5.32 Å². The summed E-state index contributed by atoms with van der Waals surface area (Å²) in [7, 11) is 0. The Bertz CT molecular complexity index is 608. The summed E-state index contributed by atoms with van der Waals surface area (Å²) in [5.74, 6) is 0.550. The van der Waals surface area contributed by atoms with E-state index in [9.17, 15) is 0 Å². The molecule has 0 spiro atoms. The van der Waals surface area contributed by atoms with Gasteiger partial charge in [0.05, 0.1) is 17.3 Å². The largest absolute Gasteiger partial charge is 0.317 e. The molecule has 2 heterocycles. The Morgan fingerprint density at radius 3 is 2.80 bits per heavy atom. The minimum Gasteiger partial charge on any atom is -0.317 e. The number of nitrogens with zero attached hydrogens (tertiary/aromatic N) is 3. The Morgan fingerprint density at radius 1 is 1.25 bits per heavy atom. The highest BCUT2D eigenvalue weighted by atomic mass is 35.5. The second-order valence-electron chi connectivity index (χ2n) is 4.85. The maximum absolute atomic E-state index is 8.99. The van der Waals surface area contributed by atoms with Crippen LogP contribution in [0.25, 0.3) is 5.69 Å². The van der Waals surface area contributed by atoms with Gasteiger partial charge in [0, 0.05) is 17.8 Å². The van der Waals surface area contributed by atoms with Crippen molar-refractivity contribution in [2.75, 3.05) is 13.1 Å². The van der Waals surface area contributed by atoms with E-state index in [1.807, 2.05) is 35.1 Å². The SMILES string of the molecule is Cl.N#Cc1cccc(-n2nccc2C2CCNCC2)c1. The zero-order valence-corrected chi connectivity index (χ0v) is 11.9. The van der Waals surface area contributed by atoms with E-state index in [4.69, 9.17) is 5.26 Å². The lowest BCUT2D eigenvalue weighted by Crippen LogP contribution is -2.27. The number of nitrogens with one attached hydrogen (secondary N) is 1. The molecule has 0 bridgehead atoms. The van der Waals surface area contributed by atoms with Crippen LogP contribution in [-0.4, -0.2) is 22.9 Å². The smallest absolute Gasteiger partial charge is 0.0992 e. The van der Waals surface area contributed by atoms with Crippen LogP contribution in [0.3, 0.4) is 0 Å². The van der Waals surface area contributed by atoms with Crippen LogP contribution in [0, 0.1) is 11.3 Å². The van der Waals surface area contributed by atoms with Crippen molar-refractivity contribution >= 4 is 12.4 Å². The number of aromatic nitrogens is 2. The van der Waals surface area contributed by atoms with Gasteiger partial charge < -0.3 is 5.32 Å². The summed E-state index contributed by atoms with van der Waals surface area (Å²) < 4.78 is 1.97. The number of hydrogen-bond donors (Lipinski definition) is 1. The van der Waals surface area contributed by atoms with E-state index in [0.29, 0.717) is 11.5 Å². The minimum atomic E-state index is 0. The third-order valence-electron chi connectivity index (χ3n) is 3.65. The first-order valence-electron chi connectivity index (χ1n) is 6.63. The standard InChI is InChI=1S/C15H16N4.ClH/c16-11-12-2-1-3-14(10-12)19-15(6-9-18-19)13-4-7-17-8-5-13;/h1-3,6,9-10,13,17H,4-5,7-8H2;1H. The molecule has 1 aromatic carbocycles. The highest BCUT2D eigenvalue weighted by molar-refractivity contribution is 5.85. The van der Waals surface area contributed by atoms with Gasteiger partial charge in [-0.3, -0.25) is 0 Å². The molecule has 1 fully saturated rings. The Labute approximate surface area is 124 Å². The van der Waals surface area contributed by atoms with Crippen molar-refractivity contribution in [1.82, 2.24) is 15.1 Å². The molecule has 4 nitrogen and oxygen atoms in total. The van der Waals surface area contributed by atoms with Crippen LogP contribution in [-0.2, 0) is 0 Å². The monoisotopic (exact) mass is 288 g/mol. The number of nitriles is 1. The van der Waals surface area contributed by atoms with Crippen LogP contribution in [0.2, 0.25) is 0 Å². The molecule has 1 N–H and O–H groups in total. The normalized spacial score (nSPS) is 15.3. The van der Waals surface area contributed by atoms with Crippen LogP contribution >= 0.6 is 12.4 Å². The van der Waals surface area contributed by atoms with E-state index in [-0.39, 0.29) is 12.4 Å². The van der Waals surface area contributed by atoms with Gasteiger partial charge >= 0.3 is 0 Å². The summed E-state index contributed by atoms with van der Waals surface area (Å²) in [4.78, 5) is 0. The average Bonchev–Trinajstić information content (AvgIpc) is 2.98. The molecule has 1 saturated heterocycles. The Hall–Kier alpha value is -1.83. The zero-order valence-electron chi connectivity index (χ0n) is 11.1. The third-order valence-corrected chi connectivity index (χ3v) is 3.65. The highest BCUT2D eigenvalue weighted by Crippen LogP contribution is 2.26. The molecule has 0 radical (unpaired) electrons. The summed E-state index contributed by atoms with van der Waals surface area (Å²) in [6, 6.07) is 11.9. The molecule has 20 heavy (non-hydrogen) atoms. The molecule has 0 amide bonds. The number of benzene rings is 1. The summed E-state index contributed by atoms with van der Waals surface area (Å²) in [6.07, 6.45) is 4.13. The van der Waals surface area contributed by atoms with Gasteiger partial charge in [0.2, 0.25) is 0 Å². The van der Waals surface area contributed by atoms with Gasteiger partial charge in [0.15, 0.2) is 0 Å². The van der Waals surface area contributed by atoms with Crippen LogP contribution in [0.5, 0.6) is 0 Å². The molecule has 1 aliphatic heterocycles. The van der Waals surface area contributed by atoms with Crippen molar-refractivity contribution < 1.29 is 0 Å². The van der Waals surface area contributed by atoms with Crippen LogP contribution in [0.1, 0.15) is 30.0 Å². The lowest BCUT2D eigenvalue weighted by Gasteiger charge is -2.23. The van der Waals surface area contributed by atoms with Gasteiger partial charge in [0.25, 0.3) is 0 Å². The van der Waals surface area contributed by atoms with Gasteiger partial charge in [-0.1, -0.05) is 6.07 Å². The fourth-order valence-corrected chi connectivity index (χ4v) is 2.66. The molecule has 104 valence electrons. The average molecular weight is 289 g/mol. The van der Waals surface area contributed by atoms with Crippen molar-refractivity contribution in [3.05, 3.63) is 47.8 Å². The highest BCUT2D eigenvalue weighted by Gasteiger charge is 2.19. The second kappa shape index (κ2) is 6.56. The maximum atomic E-state index is 8.99. The maximum Gasteiger partial charge on any atom is 0.0992 e. The van der Waals surface area contributed by atoms with E-state index in [1.54, 1.807) is 0 Å². The quantitative estimate of drug-likeness (QED) is 0.924. The summed E-state index contributed by atoms with van der Waals surface area (Å²) in [6.45, 7) is 2.13. The molecule has 5 heteroatoms. The summed E-state index contributed by atoms with van der Waals surface area (Å²) in [5.41, 5.74) is 2.89. The fraction of sp³-hybridized carbons (Fsp3) is 0.333. The van der Waals surface area contributed by atoms with E-state index < -0.39 is 0 Å². The molecule has 0 unspecified atom stereocenters. The summed E-state index contributed by atoms with van der Waals surface area (Å²) in [5, 5.41) is 16.8. The van der Waals surface area contributed by atoms with E-state index in [0.717, 1.165) is 31.6 Å². The minimum absolute atomic E-state index is 0. The van der Waals surface area contributed by atoms with Crippen molar-refractivity contribution in [3.8, 4) is 11.8 Å². The molecule has 1 aromatic heterocycles. The Kier molecular flexibility index (Phi) is 4.78. The molecule has 1 aliphatic rings. The van der Waals surface area contributed by atoms with E-state index in [2.05, 4.69) is 22.6 Å². The Balaban J connectivity index is 0.00000147. The predicted molar refractivity (Wildman–Crippen MR) is 80.4 cm³/mol. The zero-order chi connectivity index (χ0) is 13.1. The van der Waals surface area contributed by atoms with Gasteiger partial charge in [-0.15, -0.1) is 12.4 Å². The first-order valence-corrected chi connectivity index (χ1v) is 6.63. The lowest BCUT2D eigenvalue weighted by atomic mass is 9.94. The van der Waals surface area contributed by atoms with Crippen LogP contribution in [0.4, 0.5) is 0 Å². The van der Waals surface area contributed by atoms with Gasteiger partial charge in [-0.05, 0) is 50.2 Å². The number of rotatable bonds is 2. The van der Waals surface area contributed by atoms with Gasteiger partial charge in [-0.2, -0.15) is 10.4 Å². The lowest BCUT2D eigenvalue weighted by molar-refractivity contribution is 0.446. The molecular formula is C15H17ClN4. The molecule has 3 rings (SSSR count). The third kappa shape index (κ3) is 2.84. The van der Waals surface area contributed by atoms with Gasteiger partial charge in [0.1, 0.15) is 0 Å². The van der Waals surface area contributed by atoms with Crippen molar-refractivity contribution in [3.63, 3.8) is 0 Å². The second-order valence-corrected chi connectivity index (χ2v) is 4.85. The van der Waals surface area contributed by atoms with Crippen molar-refractivity contribution in [1.29, 1.82) is 5.26 Å². The number of piperidine rings is 1. The topological polar surface area (TPSA) is 53.6 Å². The van der Waals surface area contributed by atoms with Crippen LogP contribution in [0.15, 0.2) is 36.5 Å². The number of halogens is 1. The Morgan fingerprint density at radius 2 is 2.05 bits per heavy atom. The van der Waals surface area contributed by atoms with Gasteiger partial charge in [-0.25, -0.2) is 4.68 Å². The molecule has 2 aromatic rings. The fourth-order valence-electron chi connectivity index (χ4n) is 2.66. The first kappa shape index (κ1) is 14.6. The molecule has 0 saturated carbocycles. The first-order chi connectivity index (χ1) is 9.38. The van der Waals surface area contributed by atoms with Crippen molar-refractivity contribution in [2.45, 2.75) is 18.8 Å². The molecular weight excluding hydrogens is 272 g/mol. The number of hydrogen-bond acceptors (Lipinski definition) is 3. The molecule has 0 aliphatic carbocycles. The summed E-state index contributed by atoms with van der Waals surface area (Å²) >= 11 is 0. The molecule has 0 atom stereocenters. The van der Waals surface area contributed by atoms with Crippen molar-refractivity contribution in [2.24, 2.45) is 0 Å².